The first kappa shape index (κ1) is 17.3. The van der Waals surface area contributed by atoms with E-state index in [4.69, 9.17) is 16.8 Å². The predicted octanol–water partition coefficient (Wildman–Crippen LogP) is 1.82. The maximum Gasteiger partial charge on any atom is 0.239 e. The fourth-order valence-electron chi connectivity index (χ4n) is 2.83. The molecule has 0 saturated heterocycles. The number of nitrogens with two attached hydrogens (primary N) is 2. The molecule has 3 aromatic heterocycles. The fourth-order valence-corrected chi connectivity index (χ4v) is 2.83. The number of aromatic nitrogens is 5. The first-order valence-corrected chi connectivity index (χ1v) is 8.18. The third-order valence-corrected chi connectivity index (χ3v) is 4.15. The number of nitrogens with one attached hydrogen (secondary N) is 1. The van der Waals surface area contributed by atoms with E-state index in [9.17, 15) is 4.39 Å². The van der Waals surface area contributed by atoms with E-state index >= 15 is 0 Å². The van der Waals surface area contributed by atoms with Crippen LogP contribution >= 0.6 is 0 Å². The summed E-state index contributed by atoms with van der Waals surface area (Å²) in [5.41, 5.74) is 11.2. The van der Waals surface area contributed by atoms with Gasteiger partial charge in [0, 0.05) is 29.2 Å². The summed E-state index contributed by atoms with van der Waals surface area (Å²) >= 11 is 0. The molecule has 138 valence electrons. The van der Waals surface area contributed by atoms with Crippen LogP contribution in [0.15, 0.2) is 43.0 Å². The number of halogens is 1. The molecule has 9 nitrogen and oxygen atoms in total. The lowest BCUT2D eigenvalue weighted by Crippen LogP contribution is -2.12. The average molecular weight is 375 g/mol. The second kappa shape index (κ2) is 6.90. The fraction of sp³-hybridized carbons (Fsp3) is 0.0556. The van der Waals surface area contributed by atoms with Crippen molar-refractivity contribution >= 4 is 22.8 Å². The SMILES string of the molecule is N#Cc1cncc(-c2nc(NN)nc3c2ncn3Cc2ccc(N)cc2F)c1. The Balaban J connectivity index is 1.86. The van der Waals surface area contributed by atoms with Crippen molar-refractivity contribution in [2.45, 2.75) is 6.54 Å². The third-order valence-electron chi connectivity index (χ3n) is 4.15. The summed E-state index contributed by atoms with van der Waals surface area (Å²) in [7, 11) is 0. The molecule has 0 atom stereocenters. The highest BCUT2D eigenvalue weighted by molar-refractivity contribution is 5.88. The Morgan fingerprint density at radius 2 is 2.07 bits per heavy atom. The number of hydrogen-bond donors (Lipinski definition) is 3. The Morgan fingerprint density at radius 1 is 1.21 bits per heavy atom. The Morgan fingerprint density at radius 3 is 2.82 bits per heavy atom. The number of nitrogens with zero attached hydrogens (tertiary/aromatic N) is 6. The van der Waals surface area contributed by atoms with Crippen LogP contribution < -0.4 is 17.0 Å². The third kappa shape index (κ3) is 3.06. The van der Waals surface area contributed by atoms with E-state index < -0.39 is 5.82 Å². The van der Waals surface area contributed by atoms with E-state index in [2.05, 4.69) is 25.4 Å². The summed E-state index contributed by atoms with van der Waals surface area (Å²) < 4.78 is 15.9. The van der Waals surface area contributed by atoms with Crippen molar-refractivity contribution in [3.05, 3.63) is 59.9 Å². The van der Waals surface area contributed by atoms with Crippen molar-refractivity contribution in [2.24, 2.45) is 5.84 Å². The van der Waals surface area contributed by atoms with Gasteiger partial charge in [-0.2, -0.15) is 10.2 Å². The van der Waals surface area contributed by atoms with E-state index in [-0.39, 0.29) is 12.5 Å². The molecule has 0 fully saturated rings. The Hall–Kier alpha value is -4.10. The Bertz CT molecular complexity index is 1230. The molecule has 3 heterocycles. The van der Waals surface area contributed by atoms with Gasteiger partial charge in [-0.15, -0.1) is 0 Å². The number of anilines is 2. The van der Waals surface area contributed by atoms with E-state index in [1.54, 1.807) is 35.3 Å². The van der Waals surface area contributed by atoms with Gasteiger partial charge in [0.05, 0.1) is 18.4 Å². The Kier molecular flexibility index (Phi) is 4.27. The number of nitriles is 1. The number of pyridine rings is 1. The topological polar surface area (TPSA) is 144 Å². The summed E-state index contributed by atoms with van der Waals surface area (Å²) in [5.74, 6) is 5.25. The van der Waals surface area contributed by atoms with Gasteiger partial charge < -0.3 is 10.3 Å². The van der Waals surface area contributed by atoms with Gasteiger partial charge >= 0.3 is 0 Å². The molecule has 0 bridgehead atoms. The van der Waals surface area contributed by atoms with Crippen LogP contribution in [0.3, 0.4) is 0 Å². The smallest absolute Gasteiger partial charge is 0.239 e. The van der Waals surface area contributed by atoms with Gasteiger partial charge in [-0.05, 0) is 18.2 Å². The number of benzene rings is 1. The quantitative estimate of drug-likeness (QED) is 0.278. The zero-order valence-electron chi connectivity index (χ0n) is 14.5. The van der Waals surface area contributed by atoms with Crippen LogP contribution in [0, 0.1) is 17.1 Å². The van der Waals surface area contributed by atoms with Crippen LogP contribution in [0.4, 0.5) is 16.0 Å². The second-order valence-electron chi connectivity index (χ2n) is 6.01. The minimum absolute atomic E-state index is 0.157. The molecule has 10 heteroatoms. The standard InChI is InChI=1S/C18H14FN9/c19-14-4-13(21)2-1-11(14)8-28-9-24-16-15(25-18(27-22)26-17(16)28)12-3-10(5-20)6-23-7-12/h1-4,6-7,9H,8,21-22H2,(H,25,26,27). The van der Waals surface area contributed by atoms with Crippen LogP contribution in [0.25, 0.3) is 22.4 Å². The zero-order valence-corrected chi connectivity index (χ0v) is 14.5. The number of rotatable bonds is 4. The molecule has 0 amide bonds. The van der Waals surface area contributed by atoms with E-state index in [0.717, 1.165) is 0 Å². The summed E-state index contributed by atoms with van der Waals surface area (Å²) in [6.07, 6.45) is 4.56. The lowest BCUT2D eigenvalue weighted by Gasteiger charge is -2.08. The summed E-state index contributed by atoms with van der Waals surface area (Å²) in [6, 6.07) is 8.19. The minimum atomic E-state index is -0.417. The van der Waals surface area contributed by atoms with Crippen molar-refractivity contribution in [1.82, 2.24) is 24.5 Å². The van der Waals surface area contributed by atoms with Crippen molar-refractivity contribution in [2.75, 3.05) is 11.2 Å². The minimum Gasteiger partial charge on any atom is -0.399 e. The van der Waals surface area contributed by atoms with Gasteiger partial charge in [-0.3, -0.25) is 10.4 Å². The molecule has 0 aliphatic heterocycles. The van der Waals surface area contributed by atoms with Gasteiger partial charge in [-0.1, -0.05) is 6.07 Å². The first-order valence-electron chi connectivity index (χ1n) is 8.18. The summed E-state index contributed by atoms with van der Waals surface area (Å²) in [5, 5.41) is 9.12. The monoisotopic (exact) mass is 375 g/mol. The normalized spacial score (nSPS) is 10.8. The van der Waals surface area contributed by atoms with Crippen molar-refractivity contribution in [3.63, 3.8) is 0 Å². The molecular formula is C18H14FN9. The highest BCUT2D eigenvalue weighted by atomic mass is 19.1. The van der Waals surface area contributed by atoms with Crippen molar-refractivity contribution in [1.29, 1.82) is 5.26 Å². The summed E-state index contributed by atoms with van der Waals surface area (Å²) in [6.45, 7) is 0.194. The summed E-state index contributed by atoms with van der Waals surface area (Å²) in [4.78, 5) is 17.1. The maximum absolute atomic E-state index is 14.2. The number of fused-ring (bicyclic) bond motifs is 1. The molecule has 0 unspecified atom stereocenters. The van der Waals surface area contributed by atoms with Crippen LogP contribution in [-0.2, 0) is 6.54 Å². The molecule has 0 aliphatic carbocycles. The number of hydrazine groups is 1. The van der Waals surface area contributed by atoms with Crippen LogP contribution in [-0.4, -0.2) is 24.5 Å². The molecule has 5 N–H and O–H groups in total. The van der Waals surface area contributed by atoms with Gasteiger partial charge in [0.1, 0.15) is 23.1 Å². The molecule has 28 heavy (non-hydrogen) atoms. The van der Waals surface area contributed by atoms with Gasteiger partial charge in [0.25, 0.3) is 0 Å². The number of nitrogen functional groups attached to an aromatic ring is 2. The van der Waals surface area contributed by atoms with Gasteiger partial charge in [0.2, 0.25) is 5.95 Å². The average Bonchev–Trinajstić information content (AvgIpc) is 3.12. The van der Waals surface area contributed by atoms with Gasteiger partial charge in [-0.25, -0.2) is 20.2 Å². The zero-order chi connectivity index (χ0) is 19.7. The van der Waals surface area contributed by atoms with E-state index in [1.807, 2.05) is 6.07 Å². The molecule has 0 spiro atoms. The molecule has 1 aromatic carbocycles. The molecule has 4 rings (SSSR count). The van der Waals surface area contributed by atoms with Crippen LogP contribution in [0.1, 0.15) is 11.1 Å². The van der Waals surface area contributed by atoms with E-state index in [0.29, 0.717) is 39.2 Å². The molecule has 0 saturated carbocycles. The lowest BCUT2D eigenvalue weighted by molar-refractivity contribution is 0.602. The van der Waals surface area contributed by atoms with Gasteiger partial charge in [0.15, 0.2) is 5.65 Å². The first-order chi connectivity index (χ1) is 13.6. The largest absolute Gasteiger partial charge is 0.399 e. The highest BCUT2D eigenvalue weighted by Gasteiger charge is 2.16. The maximum atomic E-state index is 14.2. The van der Waals surface area contributed by atoms with Crippen LogP contribution in [0.5, 0.6) is 0 Å². The molecule has 4 aromatic rings. The van der Waals surface area contributed by atoms with E-state index in [1.165, 1.54) is 12.3 Å². The number of hydrogen-bond acceptors (Lipinski definition) is 8. The number of imidazole rings is 1. The molecule has 0 radical (unpaired) electrons. The molecule has 0 aliphatic rings. The Labute approximate surface area is 158 Å². The second-order valence-corrected chi connectivity index (χ2v) is 6.01. The molecular weight excluding hydrogens is 361 g/mol. The van der Waals surface area contributed by atoms with Crippen LogP contribution in [0.2, 0.25) is 0 Å². The lowest BCUT2D eigenvalue weighted by atomic mass is 10.1. The van der Waals surface area contributed by atoms with Crippen molar-refractivity contribution in [3.8, 4) is 17.3 Å². The van der Waals surface area contributed by atoms with Crippen molar-refractivity contribution < 1.29 is 4.39 Å². The predicted molar refractivity (Wildman–Crippen MR) is 101 cm³/mol. The highest BCUT2D eigenvalue weighted by Crippen LogP contribution is 2.27.